The van der Waals surface area contributed by atoms with Gasteiger partial charge in [-0.3, -0.25) is 19.3 Å². The van der Waals surface area contributed by atoms with E-state index in [1.165, 1.54) is 4.90 Å². The van der Waals surface area contributed by atoms with Crippen LogP contribution in [0.2, 0.25) is 0 Å². The van der Waals surface area contributed by atoms with Gasteiger partial charge in [0.2, 0.25) is 17.7 Å². The van der Waals surface area contributed by atoms with Gasteiger partial charge < -0.3 is 53.8 Å². The van der Waals surface area contributed by atoms with Crippen LogP contribution < -0.4 is 20.5 Å². The fourth-order valence-electron chi connectivity index (χ4n) is 3.96. The molecule has 0 spiro atoms. The first kappa shape index (κ1) is 44.4. The molecule has 0 fully saturated rings. The van der Waals surface area contributed by atoms with Crippen LogP contribution in [0.25, 0.3) is 0 Å². The first-order valence-electron chi connectivity index (χ1n) is 16.2. The summed E-state index contributed by atoms with van der Waals surface area (Å²) in [6.07, 6.45) is 0.105. The number of methoxy groups -OCH3 is 3. The van der Waals surface area contributed by atoms with Gasteiger partial charge in [0.1, 0.15) is 5.75 Å². The summed E-state index contributed by atoms with van der Waals surface area (Å²) >= 11 is 0. The Kier molecular flexibility index (Phi) is 22.9. The lowest BCUT2D eigenvalue weighted by molar-refractivity contribution is -0.131. The van der Waals surface area contributed by atoms with E-state index in [1.54, 1.807) is 66.4 Å². The quantitative estimate of drug-likeness (QED) is 0.0696. The van der Waals surface area contributed by atoms with Crippen molar-refractivity contribution in [2.45, 2.75) is 38.4 Å². The first-order chi connectivity index (χ1) is 23.3. The van der Waals surface area contributed by atoms with Gasteiger partial charge in [-0.2, -0.15) is 0 Å². The normalized spacial score (nSPS) is 13.5. The molecule has 2 atom stereocenters. The van der Waals surface area contributed by atoms with Crippen molar-refractivity contribution < 1.29 is 56.8 Å². The number of ether oxygens (including phenoxy) is 6. The van der Waals surface area contributed by atoms with Crippen LogP contribution in [0.3, 0.4) is 0 Å². The van der Waals surface area contributed by atoms with Gasteiger partial charge >= 0.3 is 7.60 Å². The number of carbonyl (C=O) groups is 3. The monoisotopic (exact) mass is 720 g/mol. The molecule has 0 heterocycles. The third-order valence-electron chi connectivity index (χ3n) is 6.84. The number of hydrogen-bond acceptors (Lipinski definition) is 12. The summed E-state index contributed by atoms with van der Waals surface area (Å²) in [5.41, 5.74) is 0.663. The Hall–Kier alpha value is -2.66. The molecule has 1 rings (SSSR count). The van der Waals surface area contributed by atoms with Crippen LogP contribution in [0.5, 0.6) is 5.75 Å². The molecule has 0 saturated heterocycles. The topological polar surface area (TPSA) is 192 Å². The van der Waals surface area contributed by atoms with E-state index in [0.29, 0.717) is 45.2 Å². The molecule has 0 saturated carbocycles. The van der Waals surface area contributed by atoms with Crippen molar-refractivity contribution in [1.82, 2.24) is 20.9 Å². The Balaban J connectivity index is 3.17. The molecule has 2 unspecified atom stereocenters. The molecule has 0 aliphatic heterocycles. The highest BCUT2D eigenvalue weighted by molar-refractivity contribution is 7.54. The minimum absolute atomic E-state index is 0.105. The number of nitrogens with one attached hydrogen (secondary N) is 3. The molecular formula is C32H57N4O12P. The fraction of sp³-hybridized carbons (Fsp3) is 0.719. The molecule has 16 nitrogen and oxygen atoms in total. The summed E-state index contributed by atoms with van der Waals surface area (Å²) in [7, 11) is 0.713. The number of carbonyl (C=O) groups excluding carboxylic acids is 3. The van der Waals surface area contributed by atoms with Crippen molar-refractivity contribution in [2.75, 3.05) is 114 Å². The van der Waals surface area contributed by atoms with Crippen molar-refractivity contribution in [3.05, 3.63) is 29.8 Å². The van der Waals surface area contributed by atoms with Crippen LogP contribution in [-0.4, -0.2) is 152 Å². The fourth-order valence-corrected chi connectivity index (χ4v) is 4.64. The molecule has 49 heavy (non-hydrogen) atoms. The van der Waals surface area contributed by atoms with Crippen molar-refractivity contribution >= 4 is 25.3 Å². The van der Waals surface area contributed by atoms with E-state index in [9.17, 15) is 23.8 Å². The molecule has 282 valence electrons. The highest BCUT2D eigenvalue weighted by Crippen LogP contribution is 2.54. The highest BCUT2D eigenvalue weighted by Gasteiger charge is 2.37. The second-order valence-corrected chi connectivity index (χ2v) is 14.4. The standard InChI is InChI=1S/C32H57N4O12P/c1-32(2,3)49(40,41)48-27-9-7-26(8-10-27)23-28(31(39)35-13-16-47-22-19-44-6)36(24-29(37)33-11-14-45-20-17-42-4)25-30(38)34-12-15-46-21-18-43-5/h7-10,28H,11-25H2,1-6H3,(H,33,37)(H,34,38)(H,35,39)(H,40,41). The molecule has 0 aliphatic rings. The molecule has 1 aromatic rings. The highest BCUT2D eigenvalue weighted by atomic mass is 31.2. The zero-order valence-electron chi connectivity index (χ0n) is 29.8. The lowest BCUT2D eigenvalue weighted by Gasteiger charge is -2.30. The number of benzene rings is 1. The van der Waals surface area contributed by atoms with Gasteiger partial charge in [-0.1, -0.05) is 12.1 Å². The molecule has 0 radical (unpaired) electrons. The van der Waals surface area contributed by atoms with Gasteiger partial charge in [0, 0.05) is 41.0 Å². The minimum atomic E-state index is -3.97. The van der Waals surface area contributed by atoms with Crippen LogP contribution in [0.1, 0.15) is 26.3 Å². The van der Waals surface area contributed by atoms with Crippen molar-refractivity contribution in [2.24, 2.45) is 0 Å². The molecule has 3 amide bonds. The third-order valence-corrected chi connectivity index (χ3v) is 9.00. The Bertz CT molecular complexity index is 1090. The van der Waals surface area contributed by atoms with Crippen LogP contribution in [-0.2, 0) is 53.8 Å². The number of amides is 3. The van der Waals surface area contributed by atoms with E-state index in [1.807, 2.05) is 0 Å². The summed E-state index contributed by atoms with van der Waals surface area (Å²) in [5.74, 6) is -1.04. The van der Waals surface area contributed by atoms with Crippen LogP contribution in [0.15, 0.2) is 24.3 Å². The predicted octanol–water partition coefficient (Wildman–Crippen LogP) is 0.600. The van der Waals surface area contributed by atoms with E-state index in [-0.39, 0.29) is 64.7 Å². The van der Waals surface area contributed by atoms with Gasteiger partial charge in [-0.15, -0.1) is 0 Å². The Labute approximate surface area is 290 Å². The molecule has 0 aromatic heterocycles. The van der Waals surface area contributed by atoms with Gasteiger partial charge in [-0.05, 0) is 44.9 Å². The summed E-state index contributed by atoms with van der Waals surface area (Å²) in [5, 5.41) is 7.38. The van der Waals surface area contributed by atoms with Crippen LogP contribution in [0.4, 0.5) is 0 Å². The second-order valence-electron chi connectivity index (χ2n) is 11.9. The molecule has 4 N–H and O–H groups in total. The maximum atomic E-state index is 13.7. The van der Waals surface area contributed by atoms with Gasteiger partial charge in [-0.25, -0.2) is 4.57 Å². The van der Waals surface area contributed by atoms with E-state index in [4.69, 9.17) is 32.9 Å². The zero-order valence-corrected chi connectivity index (χ0v) is 30.7. The Morgan fingerprint density at radius 2 is 1.14 bits per heavy atom. The molecule has 17 heteroatoms. The third kappa shape index (κ3) is 19.9. The predicted molar refractivity (Wildman–Crippen MR) is 183 cm³/mol. The maximum Gasteiger partial charge on any atom is 0.381 e. The minimum Gasteiger partial charge on any atom is -0.424 e. The summed E-state index contributed by atoms with van der Waals surface area (Å²) in [6.45, 7) is 8.05. The van der Waals surface area contributed by atoms with Crippen LogP contribution >= 0.6 is 7.60 Å². The van der Waals surface area contributed by atoms with E-state index < -0.39 is 36.5 Å². The van der Waals surface area contributed by atoms with Crippen LogP contribution in [0, 0.1) is 0 Å². The SMILES string of the molecule is COCCOCCNC(=O)CN(CC(=O)NCCOCCOC)C(Cc1ccc(OP(=O)(O)C(C)(C)C)cc1)C(=O)NCCOCCOC. The smallest absolute Gasteiger partial charge is 0.381 e. The maximum absolute atomic E-state index is 13.7. The second kappa shape index (κ2) is 25.3. The summed E-state index contributed by atoms with van der Waals surface area (Å²) in [4.78, 5) is 51.6. The van der Waals surface area contributed by atoms with Crippen molar-refractivity contribution in [3.8, 4) is 5.75 Å². The lowest BCUT2D eigenvalue weighted by Crippen LogP contribution is -2.54. The van der Waals surface area contributed by atoms with E-state index >= 15 is 0 Å². The molecule has 1 aromatic carbocycles. The average molecular weight is 721 g/mol. The number of rotatable bonds is 28. The van der Waals surface area contributed by atoms with Gasteiger partial charge in [0.15, 0.2) is 0 Å². The lowest BCUT2D eigenvalue weighted by atomic mass is 10.0. The molecular weight excluding hydrogens is 663 g/mol. The van der Waals surface area contributed by atoms with E-state index in [0.717, 1.165) is 0 Å². The van der Waals surface area contributed by atoms with Crippen molar-refractivity contribution in [3.63, 3.8) is 0 Å². The first-order valence-corrected chi connectivity index (χ1v) is 17.8. The summed E-state index contributed by atoms with van der Waals surface area (Å²) < 4.78 is 49.3. The zero-order chi connectivity index (χ0) is 36.5. The Morgan fingerprint density at radius 1 is 0.714 bits per heavy atom. The number of nitrogens with zero attached hydrogens (tertiary/aromatic N) is 1. The van der Waals surface area contributed by atoms with E-state index in [2.05, 4.69) is 16.0 Å². The largest absolute Gasteiger partial charge is 0.424 e. The van der Waals surface area contributed by atoms with Crippen molar-refractivity contribution in [1.29, 1.82) is 0 Å². The Morgan fingerprint density at radius 3 is 1.55 bits per heavy atom. The number of hydrogen-bond donors (Lipinski definition) is 4. The molecule has 0 bridgehead atoms. The summed E-state index contributed by atoms with van der Waals surface area (Å²) in [6, 6.07) is 5.45. The average Bonchev–Trinajstić information content (AvgIpc) is 3.04. The van der Waals surface area contributed by atoms with Gasteiger partial charge in [0.05, 0.1) is 83.7 Å². The molecule has 0 aliphatic carbocycles. The van der Waals surface area contributed by atoms with Gasteiger partial charge in [0.25, 0.3) is 0 Å².